The quantitative estimate of drug-likeness (QED) is 0.598. The summed E-state index contributed by atoms with van der Waals surface area (Å²) in [6.07, 6.45) is 1.43. The van der Waals surface area contributed by atoms with Crippen LogP contribution in [0.15, 0.2) is 0 Å². The van der Waals surface area contributed by atoms with Crippen molar-refractivity contribution in [1.82, 2.24) is 10.6 Å². The second-order valence-corrected chi connectivity index (χ2v) is 4.91. The summed E-state index contributed by atoms with van der Waals surface area (Å²) in [5.74, 6) is -1.46. The fourth-order valence-electron chi connectivity index (χ4n) is 1.95. The minimum atomic E-state index is -1.04. The van der Waals surface area contributed by atoms with Crippen molar-refractivity contribution in [3.63, 3.8) is 0 Å². The molecule has 0 spiro atoms. The molecule has 1 aliphatic heterocycles. The Morgan fingerprint density at radius 2 is 1.79 bits per heavy atom. The molecule has 3 N–H and O–H groups in total. The summed E-state index contributed by atoms with van der Waals surface area (Å²) in [4.78, 5) is 33.7. The first kappa shape index (κ1) is 13.8. The number of aliphatic carboxylic acids is 1. The maximum Gasteiger partial charge on any atom is 0.332 e. The zero-order valence-corrected chi connectivity index (χ0v) is 10.6. The smallest absolute Gasteiger partial charge is 0.332 e. The van der Waals surface area contributed by atoms with Crippen LogP contribution in [0, 0.1) is 0 Å². The second-order valence-electron chi connectivity index (χ2n) is 4.91. The lowest BCUT2D eigenvalue weighted by Crippen LogP contribution is -2.38. The molecule has 0 bridgehead atoms. The van der Waals surface area contributed by atoms with Crippen molar-refractivity contribution in [3.8, 4) is 0 Å². The van der Waals surface area contributed by atoms with E-state index < -0.39 is 18.2 Å². The van der Waals surface area contributed by atoms with Crippen LogP contribution in [0.4, 0.5) is 0 Å². The summed E-state index contributed by atoms with van der Waals surface area (Å²) in [7, 11) is 0. The molecule has 2 aliphatic rings. The van der Waals surface area contributed by atoms with E-state index in [0.29, 0.717) is 18.9 Å². The van der Waals surface area contributed by atoms with E-state index in [-0.39, 0.29) is 24.8 Å². The number of carboxylic acids is 1. The maximum absolute atomic E-state index is 11.7. The molecule has 19 heavy (non-hydrogen) atoms. The predicted molar refractivity (Wildman–Crippen MR) is 64.3 cm³/mol. The molecule has 2 amide bonds. The third-order valence-corrected chi connectivity index (χ3v) is 3.18. The third-order valence-electron chi connectivity index (χ3n) is 3.18. The summed E-state index contributed by atoms with van der Waals surface area (Å²) >= 11 is 0. The van der Waals surface area contributed by atoms with Gasteiger partial charge in [-0.2, -0.15) is 0 Å². The number of ether oxygens (including phenoxy) is 1. The number of hydrogen-bond donors (Lipinski definition) is 3. The van der Waals surface area contributed by atoms with Gasteiger partial charge in [-0.15, -0.1) is 0 Å². The van der Waals surface area contributed by atoms with Gasteiger partial charge in [0, 0.05) is 19.0 Å². The average molecular weight is 270 g/mol. The number of rotatable bonds is 6. The predicted octanol–water partition coefficient (Wildman–Crippen LogP) is -0.596. The lowest BCUT2D eigenvalue weighted by Gasteiger charge is -2.11. The normalized spacial score (nSPS) is 25.9. The first-order valence-corrected chi connectivity index (χ1v) is 6.51. The molecule has 1 saturated carbocycles. The van der Waals surface area contributed by atoms with Crippen LogP contribution in [0.25, 0.3) is 0 Å². The molecular formula is C12H18N2O5. The Kier molecular flexibility index (Phi) is 4.36. The molecular weight excluding hydrogens is 252 g/mol. The summed E-state index contributed by atoms with van der Waals surface area (Å²) in [6.45, 7) is 0.245. The number of nitrogens with one attached hydrogen (secondary N) is 2. The third kappa shape index (κ3) is 4.20. The van der Waals surface area contributed by atoms with Gasteiger partial charge in [0.15, 0.2) is 6.10 Å². The fraction of sp³-hybridized carbons (Fsp3) is 0.750. The van der Waals surface area contributed by atoms with Gasteiger partial charge in [-0.05, 0) is 25.7 Å². The Morgan fingerprint density at radius 3 is 2.37 bits per heavy atom. The summed E-state index contributed by atoms with van der Waals surface area (Å²) in [5.41, 5.74) is 0. The topological polar surface area (TPSA) is 105 Å². The van der Waals surface area contributed by atoms with Crippen molar-refractivity contribution in [2.45, 2.75) is 50.4 Å². The first-order valence-electron chi connectivity index (χ1n) is 6.51. The molecule has 7 nitrogen and oxygen atoms in total. The monoisotopic (exact) mass is 270 g/mol. The highest BCUT2D eigenvalue weighted by Crippen LogP contribution is 2.20. The molecule has 1 heterocycles. The van der Waals surface area contributed by atoms with Gasteiger partial charge in [0.2, 0.25) is 11.8 Å². The molecule has 0 unspecified atom stereocenters. The molecule has 106 valence electrons. The molecule has 1 saturated heterocycles. The van der Waals surface area contributed by atoms with Gasteiger partial charge in [0.1, 0.15) is 6.10 Å². The van der Waals surface area contributed by atoms with Gasteiger partial charge in [-0.3, -0.25) is 9.59 Å². The van der Waals surface area contributed by atoms with Crippen molar-refractivity contribution in [2.75, 3.05) is 6.54 Å². The Balaban J connectivity index is 1.61. The van der Waals surface area contributed by atoms with Crippen molar-refractivity contribution in [2.24, 2.45) is 0 Å². The van der Waals surface area contributed by atoms with Crippen LogP contribution in [-0.2, 0) is 19.1 Å². The molecule has 2 atom stereocenters. The van der Waals surface area contributed by atoms with Gasteiger partial charge in [-0.25, -0.2) is 4.79 Å². The van der Waals surface area contributed by atoms with Crippen LogP contribution < -0.4 is 10.6 Å². The number of hydrogen-bond acceptors (Lipinski definition) is 4. The minimum Gasteiger partial charge on any atom is -0.479 e. The fourth-order valence-corrected chi connectivity index (χ4v) is 1.95. The summed E-state index contributed by atoms with van der Waals surface area (Å²) in [6, 6.07) is 0.317. The molecule has 1 aliphatic carbocycles. The molecule has 0 aromatic rings. The van der Waals surface area contributed by atoms with Crippen molar-refractivity contribution < 1.29 is 24.2 Å². The van der Waals surface area contributed by atoms with Gasteiger partial charge >= 0.3 is 5.97 Å². The SMILES string of the molecule is O=C(CCNC(=O)[C@@H]1CC[C@H](C(=O)O)O1)NC1CC1. The van der Waals surface area contributed by atoms with Crippen LogP contribution in [0.1, 0.15) is 32.1 Å². The lowest BCUT2D eigenvalue weighted by atomic mass is 10.2. The van der Waals surface area contributed by atoms with Crippen LogP contribution in [0.5, 0.6) is 0 Å². The Morgan fingerprint density at radius 1 is 1.11 bits per heavy atom. The van der Waals surface area contributed by atoms with E-state index in [9.17, 15) is 14.4 Å². The zero-order chi connectivity index (χ0) is 13.8. The molecule has 7 heteroatoms. The van der Waals surface area contributed by atoms with Crippen molar-refractivity contribution in [3.05, 3.63) is 0 Å². The zero-order valence-electron chi connectivity index (χ0n) is 10.6. The van der Waals surface area contributed by atoms with E-state index in [1.807, 2.05) is 0 Å². The van der Waals surface area contributed by atoms with Crippen LogP contribution in [0.2, 0.25) is 0 Å². The molecule has 0 radical (unpaired) electrons. The standard InChI is InChI=1S/C12H18N2O5/c15-10(14-7-1-2-7)5-6-13-11(16)8-3-4-9(19-8)12(17)18/h7-9H,1-6H2,(H,13,16)(H,14,15)(H,17,18)/t8-,9+/m0/s1. The van der Waals surface area contributed by atoms with E-state index in [1.54, 1.807) is 0 Å². The molecule has 2 fully saturated rings. The molecule has 0 aromatic heterocycles. The Hall–Kier alpha value is -1.63. The minimum absolute atomic E-state index is 0.0708. The second kappa shape index (κ2) is 6.01. The molecule has 2 rings (SSSR count). The number of carbonyl (C=O) groups excluding carboxylic acids is 2. The Bertz CT molecular complexity index is 380. The highest BCUT2D eigenvalue weighted by atomic mass is 16.5. The van der Waals surface area contributed by atoms with E-state index in [2.05, 4.69) is 10.6 Å². The lowest BCUT2D eigenvalue weighted by molar-refractivity contribution is -0.151. The van der Waals surface area contributed by atoms with E-state index >= 15 is 0 Å². The van der Waals surface area contributed by atoms with Gasteiger partial charge in [-0.1, -0.05) is 0 Å². The van der Waals surface area contributed by atoms with E-state index in [1.165, 1.54) is 0 Å². The van der Waals surface area contributed by atoms with Crippen LogP contribution >= 0.6 is 0 Å². The van der Waals surface area contributed by atoms with Crippen molar-refractivity contribution in [1.29, 1.82) is 0 Å². The van der Waals surface area contributed by atoms with E-state index in [4.69, 9.17) is 9.84 Å². The number of carboxylic acid groups (broad SMARTS) is 1. The average Bonchev–Trinajstić information content (AvgIpc) is 3.01. The highest BCUT2D eigenvalue weighted by Gasteiger charge is 2.34. The summed E-state index contributed by atoms with van der Waals surface area (Å²) < 4.78 is 5.10. The largest absolute Gasteiger partial charge is 0.479 e. The van der Waals surface area contributed by atoms with Crippen LogP contribution in [0.3, 0.4) is 0 Å². The van der Waals surface area contributed by atoms with Gasteiger partial charge in [0.05, 0.1) is 0 Å². The van der Waals surface area contributed by atoms with Gasteiger partial charge < -0.3 is 20.5 Å². The Labute approximate surface area is 110 Å². The van der Waals surface area contributed by atoms with Gasteiger partial charge in [0.25, 0.3) is 0 Å². The van der Waals surface area contributed by atoms with E-state index in [0.717, 1.165) is 12.8 Å². The number of carbonyl (C=O) groups is 3. The number of amides is 2. The molecule has 0 aromatic carbocycles. The summed E-state index contributed by atoms with van der Waals surface area (Å²) in [5, 5.41) is 14.2. The maximum atomic E-state index is 11.7. The highest BCUT2D eigenvalue weighted by molar-refractivity contribution is 5.83. The first-order chi connectivity index (χ1) is 9.06. The van der Waals surface area contributed by atoms with Crippen LogP contribution in [-0.4, -0.2) is 47.7 Å². The van der Waals surface area contributed by atoms with Crippen molar-refractivity contribution >= 4 is 17.8 Å².